The van der Waals surface area contributed by atoms with Crippen LogP contribution in [0, 0.1) is 13.8 Å². The molecule has 162 valence electrons. The van der Waals surface area contributed by atoms with Crippen LogP contribution in [-0.4, -0.2) is 30.4 Å². The van der Waals surface area contributed by atoms with Gasteiger partial charge >= 0.3 is 0 Å². The van der Waals surface area contributed by atoms with Crippen molar-refractivity contribution in [3.05, 3.63) is 58.0 Å². The molecular weight excluding hydrogens is 414 g/mol. The summed E-state index contributed by atoms with van der Waals surface area (Å²) in [6.45, 7) is 7.14. The Morgan fingerprint density at radius 1 is 1.10 bits per heavy atom. The molecule has 0 spiro atoms. The highest BCUT2D eigenvalue weighted by molar-refractivity contribution is 7.16. The second-order valence-electron chi connectivity index (χ2n) is 7.51. The molecule has 0 aliphatic rings. The van der Waals surface area contributed by atoms with Gasteiger partial charge in [-0.1, -0.05) is 24.3 Å². The van der Waals surface area contributed by atoms with E-state index in [1.807, 2.05) is 45.0 Å². The molecule has 0 atom stereocenters. The Balaban J connectivity index is 1.96. The fourth-order valence-corrected chi connectivity index (χ4v) is 4.27. The van der Waals surface area contributed by atoms with Crippen LogP contribution in [0.2, 0.25) is 0 Å². The van der Waals surface area contributed by atoms with Crippen LogP contribution in [0.4, 0.5) is 5.00 Å². The number of fused-ring (bicyclic) bond motifs is 1. The lowest BCUT2D eigenvalue weighted by molar-refractivity contribution is -0.123. The number of carbonyl (C=O) groups is 3. The van der Waals surface area contributed by atoms with Gasteiger partial charge in [-0.05, 0) is 56.2 Å². The van der Waals surface area contributed by atoms with Gasteiger partial charge in [-0.3, -0.25) is 14.4 Å². The number of primary amides is 1. The molecule has 0 radical (unpaired) electrons. The summed E-state index contributed by atoms with van der Waals surface area (Å²) >= 11 is 1.29. The molecule has 1 aromatic heterocycles. The van der Waals surface area contributed by atoms with Crippen molar-refractivity contribution in [3.63, 3.8) is 0 Å². The standard InChI is InChI=1S/C23H25N3O4S/c1-12(2)25-19(27)11-30-18-10-16-8-6-5-7-15(16)9-17(18)22(29)26-23-20(21(24)28)13(3)14(4)31-23/h5-10,12H,11H2,1-4H3,(H2,24,28)(H,25,27)(H,26,29). The van der Waals surface area contributed by atoms with Gasteiger partial charge in [0.05, 0.1) is 11.1 Å². The van der Waals surface area contributed by atoms with Crippen molar-refractivity contribution in [3.8, 4) is 5.75 Å². The molecule has 0 saturated heterocycles. The van der Waals surface area contributed by atoms with E-state index in [0.717, 1.165) is 21.2 Å². The number of anilines is 1. The highest BCUT2D eigenvalue weighted by Gasteiger charge is 2.22. The van der Waals surface area contributed by atoms with E-state index in [1.165, 1.54) is 11.3 Å². The lowest BCUT2D eigenvalue weighted by atomic mass is 10.1. The highest BCUT2D eigenvalue weighted by atomic mass is 32.1. The topological polar surface area (TPSA) is 111 Å². The Morgan fingerprint density at radius 2 is 1.74 bits per heavy atom. The van der Waals surface area contributed by atoms with Crippen LogP contribution in [0.5, 0.6) is 5.75 Å². The third kappa shape index (κ3) is 5.03. The number of hydrogen-bond donors (Lipinski definition) is 3. The van der Waals surface area contributed by atoms with Gasteiger partial charge in [-0.15, -0.1) is 11.3 Å². The predicted molar refractivity (Wildman–Crippen MR) is 123 cm³/mol. The Hall–Kier alpha value is -3.39. The van der Waals surface area contributed by atoms with Gasteiger partial charge in [0, 0.05) is 10.9 Å². The molecule has 0 bridgehead atoms. The number of hydrogen-bond acceptors (Lipinski definition) is 5. The first-order valence-electron chi connectivity index (χ1n) is 9.83. The summed E-state index contributed by atoms with van der Waals surface area (Å²) in [5.41, 5.74) is 6.82. The van der Waals surface area contributed by atoms with E-state index in [2.05, 4.69) is 10.6 Å². The predicted octanol–water partition coefficient (Wildman–Crippen LogP) is 3.77. The quantitative estimate of drug-likeness (QED) is 0.520. The SMILES string of the molecule is Cc1sc(NC(=O)c2cc3ccccc3cc2OCC(=O)NC(C)C)c(C(N)=O)c1C. The maximum atomic E-state index is 13.2. The number of aryl methyl sites for hydroxylation is 1. The van der Waals surface area contributed by atoms with Gasteiger partial charge in [0.25, 0.3) is 17.7 Å². The van der Waals surface area contributed by atoms with Crippen molar-refractivity contribution < 1.29 is 19.1 Å². The number of benzene rings is 2. The van der Waals surface area contributed by atoms with E-state index in [4.69, 9.17) is 10.5 Å². The van der Waals surface area contributed by atoms with E-state index in [1.54, 1.807) is 19.1 Å². The molecule has 2 aromatic carbocycles. The van der Waals surface area contributed by atoms with Crippen molar-refractivity contribution in [2.75, 3.05) is 11.9 Å². The average molecular weight is 440 g/mol. The van der Waals surface area contributed by atoms with E-state index in [-0.39, 0.29) is 29.9 Å². The van der Waals surface area contributed by atoms with Gasteiger partial charge in [-0.25, -0.2) is 0 Å². The van der Waals surface area contributed by atoms with Gasteiger partial charge in [0.15, 0.2) is 6.61 Å². The van der Waals surface area contributed by atoms with Crippen LogP contribution in [0.15, 0.2) is 36.4 Å². The Kier molecular flexibility index (Phi) is 6.60. The lowest BCUT2D eigenvalue weighted by Crippen LogP contribution is -2.34. The molecule has 3 rings (SSSR count). The number of nitrogens with two attached hydrogens (primary N) is 1. The van der Waals surface area contributed by atoms with E-state index in [0.29, 0.717) is 10.6 Å². The zero-order valence-electron chi connectivity index (χ0n) is 17.9. The molecule has 4 N–H and O–H groups in total. The van der Waals surface area contributed by atoms with Crippen molar-refractivity contribution in [2.45, 2.75) is 33.7 Å². The first kappa shape index (κ1) is 22.3. The molecule has 0 fully saturated rings. The van der Waals surface area contributed by atoms with Gasteiger partial charge in [-0.2, -0.15) is 0 Å². The summed E-state index contributed by atoms with van der Waals surface area (Å²) in [4.78, 5) is 38.0. The molecule has 3 aromatic rings. The second kappa shape index (κ2) is 9.18. The number of carbonyl (C=O) groups excluding carboxylic acids is 3. The van der Waals surface area contributed by atoms with Gasteiger partial charge < -0.3 is 21.1 Å². The molecular formula is C23H25N3O4S. The van der Waals surface area contributed by atoms with Crippen LogP contribution in [0.1, 0.15) is 45.0 Å². The molecule has 8 heteroatoms. The van der Waals surface area contributed by atoms with Gasteiger partial charge in [0.1, 0.15) is 10.8 Å². The number of nitrogens with one attached hydrogen (secondary N) is 2. The Morgan fingerprint density at radius 3 is 2.35 bits per heavy atom. The molecule has 0 saturated carbocycles. The number of ether oxygens (including phenoxy) is 1. The zero-order chi connectivity index (χ0) is 22.7. The minimum atomic E-state index is -0.600. The maximum absolute atomic E-state index is 13.2. The van der Waals surface area contributed by atoms with Crippen molar-refractivity contribution in [1.82, 2.24) is 5.32 Å². The molecule has 7 nitrogen and oxygen atoms in total. The monoisotopic (exact) mass is 439 g/mol. The first-order valence-corrected chi connectivity index (χ1v) is 10.6. The Bertz CT molecular complexity index is 1170. The zero-order valence-corrected chi connectivity index (χ0v) is 18.7. The molecule has 1 heterocycles. The van der Waals surface area contributed by atoms with Gasteiger partial charge in [0.2, 0.25) is 0 Å². The van der Waals surface area contributed by atoms with Crippen molar-refractivity contribution >= 4 is 44.8 Å². The summed E-state index contributed by atoms with van der Waals surface area (Å²) in [7, 11) is 0. The van der Waals surface area contributed by atoms with E-state index >= 15 is 0 Å². The third-order valence-electron chi connectivity index (χ3n) is 4.76. The third-order valence-corrected chi connectivity index (χ3v) is 5.88. The van der Waals surface area contributed by atoms with Crippen LogP contribution >= 0.6 is 11.3 Å². The molecule has 0 aliphatic carbocycles. The molecule has 3 amide bonds. The van der Waals surface area contributed by atoms with Crippen LogP contribution < -0.4 is 21.1 Å². The maximum Gasteiger partial charge on any atom is 0.260 e. The average Bonchev–Trinajstić information content (AvgIpc) is 2.98. The van der Waals surface area contributed by atoms with Crippen molar-refractivity contribution in [1.29, 1.82) is 0 Å². The number of thiophene rings is 1. The molecule has 0 aliphatic heterocycles. The van der Waals surface area contributed by atoms with E-state index < -0.39 is 11.8 Å². The molecule has 0 unspecified atom stereocenters. The summed E-state index contributed by atoms with van der Waals surface area (Å²) in [5.74, 6) is -1.05. The summed E-state index contributed by atoms with van der Waals surface area (Å²) in [5, 5.41) is 7.66. The molecule has 31 heavy (non-hydrogen) atoms. The minimum Gasteiger partial charge on any atom is -0.483 e. The van der Waals surface area contributed by atoms with Crippen molar-refractivity contribution in [2.24, 2.45) is 5.73 Å². The van der Waals surface area contributed by atoms with Crippen LogP contribution in [0.25, 0.3) is 10.8 Å². The highest BCUT2D eigenvalue weighted by Crippen LogP contribution is 2.33. The van der Waals surface area contributed by atoms with Crippen LogP contribution in [0.3, 0.4) is 0 Å². The first-order chi connectivity index (χ1) is 14.7. The fraction of sp³-hybridized carbons (Fsp3) is 0.261. The Labute approximate surface area is 184 Å². The van der Waals surface area contributed by atoms with E-state index in [9.17, 15) is 14.4 Å². The summed E-state index contributed by atoms with van der Waals surface area (Å²) < 4.78 is 5.71. The largest absolute Gasteiger partial charge is 0.483 e. The lowest BCUT2D eigenvalue weighted by Gasteiger charge is -2.14. The van der Waals surface area contributed by atoms with Crippen LogP contribution in [-0.2, 0) is 4.79 Å². The summed E-state index contributed by atoms with van der Waals surface area (Å²) in [6, 6.07) is 11.0. The second-order valence-corrected chi connectivity index (χ2v) is 8.74. The minimum absolute atomic E-state index is 0.0204. The number of rotatable bonds is 7. The smallest absolute Gasteiger partial charge is 0.260 e. The summed E-state index contributed by atoms with van der Waals surface area (Å²) in [6.07, 6.45) is 0. The fourth-order valence-electron chi connectivity index (χ4n) is 3.21. The normalized spacial score (nSPS) is 10.9. The number of amides is 3.